The number of hydrogen-bond acceptors (Lipinski definition) is 2. The van der Waals surface area contributed by atoms with E-state index in [2.05, 4.69) is 10.2 Å². The Kier molecular flexibility index (Phi) is 2.25. The molecule has 1 aromatic heterocycles. The Bertz CT molecular complexity index is 443. The molecule has 0 N–H and O–H groups in total. The Hall–Kier alpha value is -1.35. The number of hydrogen-bond donors (Lipinski definition) is 0. The average Bonchev–Trinajstić information content (AvgIpc) is 2.46. The third-order valence-electron chi connectivity index (χ3n) is 2.05. The van der Waals surface area contributed by atoms with Crippen LogP contribution in [0.1, 0.15) is 11.6 Å². The van der Waals surface area contributed by atoms with Crippen molar-refractivity contribution >= 4 is 11.6 Å². The fourth-order valence-corrected chi connectivity index (χ4v) is 1.64. The molecule has 1 aromatic carbocycles. The summed E-state index contributed by atoms with van der Waals surface area (Å²) in [4.78, 5) is 0. The number of aromatic nitrogens is 3. The number of nitrogens with zero attached hydrogens (tertiary/aromatic N) is 3. The molecule has 0 amide bonds. The van der Waals surface area contributed by atoms with Crippen LogP contribution in [0.5, 0.6) is 0 Å². The van der Waals surface area contributed by atoms with E-state index in [-0.39, 0.29) is 0 Å². The molecule has 0 aliphatic heterocycles. The highest BCUT2D eigenvalue weighted by Gasteiger charge is 2.06. The maximum atomic E-state index is 5.91. The molecule has 3 nitrogen and oxygen atoms in total. The van der Waals surface area contributed by atoms with E-state index in [1.807, 2.05) is 42.7 Å². The molecule has 72 valence electrons. The van der Waals surface area contributed by atoms with E-state index in [1.165, 1.54) is 0 Å². The van der Waals surface area contributed by atoms with Crippen molar-refractivity contribution < 1.29 is 0 Å². The molecular weight excluding hydrogens is 198 g/mol. The van der Waals surface area contributed by atoms with Crippen molar-refractivity contribution in [2.45, 2.75) is 13.8 Å². The van der Waals surface area contributed by atoms with Gasteiger partial charge in [-0.05, 0) is 32.0 Å². The normalized spacial score (nSPS) is 10.5. The van der Waals surface area contributed by atoms with Gasteiger partial charge in [0.05, 0.1) is 5.69 Å². The first-order valence-electron chi connectivity index (χ1n) is 4.33. The Morgan fingerprint density at radius 3 is 2.36 bits per heavy atom. The topological polar surface area (TPSA) is 30.7 Å². The van der Waals surface area contributed by atoms with Gasteiger partial charge in [-0.1, -0.05) is 17.7 Å². The van der Waals surface area contributed by atoms with Crippen molar-refractivity contribution in [2.75, 3.05) is 0 Å². The SMILES string of the molecule is Cc1nnc(C)n1-c1cccc(Cl)c1. The summed E-state index contributed by atoms with van der Waals surface area (Å²) in [6.07, 6.45) is 0. The van der Waals surface area contributed by atoms with Gasteiger partial charge in [-0.2, -0.15) is 0 Å². The van der Waals surface area contributed by atoms with E-state index in [1.54, 1.807) is 0 Å². The quantitative estimate of drug-likeness (QED) is 0.720. The van der Waals surface area contributed by atoms with Crippen LogP contribution in [0.15, 0.2) is 24.3 Å². The van der Waals surface area contributed by atoms with Gasteiger partial charge in [0.2, 0.25) is 0 Å². The average molecular weight is 208 g/mol. The minimum atomic E-state index is 0.718. The molecule has 4 heteroatoms. The van der Waals surface area contributed by atoms with Crippen LogP contribution in [0.2, 0.25) is 5.02 Å². The van der Waals surface area contributed by atoms with Crippen molar-refractivity contribution in [2.24, 2.45) is 0 Å². The molecule has 0 radical (unpaired) electrons. The molecule has 0 bridgehead atoms. The fourth-order valence-electron chi connectivity index (χ4n) is 1.46. The smallest absolute Gasteiger partial charge is 0.134 e. The van der Waals surface area contributed by atoms with Gasteiger partial charge in [0.1, 0.15) is 11.6 Å². The molecule has 2 rings (SSSR count). The first-order valence-corrected chi connectivity index (χ1v) is 4.71. The van der Waals surface area contributed by atoms with Crippen LogP contribution >= 0.6 is 11.6 Å². The third-order valence-corrected chi connectivity index (χ3v) is 2.29. The second-order valence-corrected chi connectivity index (χ2v) is 3.55. The van der Waals surface area contributed by atoms with Gasteiger partial charge in [0.25, 0.3) is 0 Å². The van der Waals surface area contributed by atoms with Crippen LogP contribution in [0.3, 0.4) is 0 Å². The molecule has 0 spiro atoms. The van der Waals surface area contributed by atoms with Crippen LogP contribution in [0.4, 0.5) is 0 Å². The lowest BCUT2D eigenvalue weighted by Crippen LogP contribution is -1.98. The second kappa shape index (κ2) is 3.42. The summed E-state index contributed by atoms with van der Waals surface area (Å²) in [5.41, 5.74) is 0.998. The number of halogens is 1. The molecule has 1 heterocycles. The largest absolute Gasteiger partial charge is 0.283 e. The van der Waals surface area contributed by atoms with Crippen molar-refractivity contribution in [3.63, 3.8) is 0 Å². The lowest BCUT2D eigenvalue weighted by molar-refractivity contribution is 0.938. The number of rotatable bonds is 1. The predicted octanol–water partition coefficient (Wildman–Crippen LogP) is 2.54. The molecular formula is C10H10ClN3. The number of aryl methyl sites for hydroxylation is 2. The van der Waals surface area contributed by atoms with Gasteiger partial charge >= 0.3 is 0 Å². The lowest BCUT2D eigenvalue weighted by Gasteiger charge is -2.05. The van der Waals surface area contributed by atoms with Crippen molar-refractivity contribution in [3.8, 4) is 5.69 Å². The molecule has 0 aliphatic carbocycles. The predicted molar refractivity (Wildman–Crippen MR) is 55.8 cm³/mol. The Morgan fingerprint density at radius 2 is 1.79 bits per heavy atom. The summed E-state index contributed by atoms with van der Waals surface area (Å²) in [6, 6.07) is 7.64. The van der Waals surface area contributed by atoms with Gasteiger partial charge in [-0.3, -0.25) is 4.57 Å². The highest BCUT2D eigenvalue weighted by atomic mass is 35.5. The first-order chi connectivity index (χ1) is 6.68. The Labute approximate surface area is 87.3 Å². The van der Waals surface area contributed by atoms with Crippen molar-refractivity contribution in [1.29, 1.82) is 0 Å². The van der Waals surface area contributed by atoms with Gasteiger partial charge in [-0.25, -0.2) is 0 Å². The molecule has 0 saturated carbocycles. The summed E-state index contributed by atoms with van der Waals surface area (Å²) >= 11 is 5.91. The summed E-state index contributed by atoms with van der Waals surface area (Å²) < 4.78 is 1.96. The molecule has 14 heavy (non-hydrogen) atoms. The summed E-state index contributed by atoms with van der Waals surface area (Å²) in [5, 5.41) is 8.70. The third kappa shape index (κ3) is 1.51. The molecule has 0 atom stereocenters. The van der Waals surface area contributed by atoms with Gasteiger partial charge < -0.3 is 0 Å². The van der Waals surface area contributed by atoms with E-state index in [9.17, 15) is 0 Å². The van der Waals surface area contributed by atoms with E-state index in [0.29, 0.717) is 0 Å². The zero-order valence-electron chi connectivity index (χ0n) is 8.03. The monoisotopic (exact) mass is 207 g/mol. The molecule has 0 aliphatic rings. The van der Waals surface area contributed by atoms with Crippen molar-refractivity contribution in [3.05, 3.63) is 40.9 Å². The van der Waals surface area contributed by atoms with Crippen LogP contribution in [-0.2, 0) is 0 Å². The van der Waals surface area contributed by atoms with Crippen LogP contribution in [-0.4, -0.2) is 14.8 Å². The second-order valence-electron chi connectivity index (χ2n) is 3.11. The fraction of sp³-hybridized carbons (Fsp3) is 0.200. The maximum Gasteiger partial charge on any atom is 0.134 e. The summed E-state index contributed by atoms with van der Waals surface area (Å²) in [6.45, 7) is 3.84. The van der Waals surface area contributed by atoms with Crippen LogP contribution in [0.25, 0.3) is 5.69 Å². The lowest BCUT2D eigenvalue weighted by atomic mass is 10.3. The molecule has 0 fully saturated rings. The molecule has 2 aromatic rings. The van der Waals surface area contributed by atoms with Crippen molar-refractivity contribution in [1.82, 2.24) is 14.8 Å². The van der Waals surface area contributed by atoms with E-state index in [4.69, 9.17) is 11.6 Å². The molecule has 0 unspecified atom stereocenters. The van der Waals surface area contributed by atoms with E-state index in [0.717, 1.165) is 22.4 Å². The molecule has 0 saturated heterocycles. The van der Waals surface area contributed by atoms with Gasteiger partial charge in [0, 0.05) is 5.02 Å². The maximum absolute atomic E-state index is 5.91. The minimum Gasteiger partial charge on any atom is -0.283 e. The summed E-state index contributed by atoms with van der Waals surface area (Å²) in [5.74, 6) is 1.73. The Balaban J connectivity index is 2.59. The zero-order chi connectivity index (χ0) is 10.1. The van der Waals surface area contributed by atoms with Gasteiger partial charge in [-0.15, -0.1) is 10.2 Å². The number of benzene rings is 1. The summed E-state index contributed by atoms with van der Waals surface area (Å²) in [7, 11) is 0. The highest BCUT2D eigenvalue weighted by Crippen LogP contribution is 2.16. The van der Waals surface area contributed by atoms with Crippen LogP contribution < -0.4 is 0 Å². The van der Waals surface area contributed by atoms with E-state index >= 15 is 0 Å². The minimum absolute atomic E-state index is 0.718. The Morgan fingerprint density at radius 1 is 1.14 bits per heavy atom. The standard InChI is InChI=1S/C10H10ClN3/c1-7-12-13-8(2)14(7)10-5-3-4-9(11)6-10/h3-6H,1-2H3. The van der Waals surface area contributed by atoms with Gasteiger partial charge in [0.15, 0.2) is 0 Å². The highest BCUT2D eigenvalue weighted by molar-refractivity contribution is 6.30. The zero-order valence-corrected chi connectivity index (χ0v) is 8.78. The first kappa shape index (κ1) is 9.21. The van der Waals surface area contributed by atoms with E-state index < -0.39 is 0 Å². The van der Waals surface area contributed by atoms with Crippen LogP contribution in [0, 0.1) is 13.8 Å².